The Kier molecular flexibility index (Phi) is 12.0. The van der Waals surface area contributed by atoms with E-state index in [1.807, 2.05) is 46.8 Å². The molecule has 0 amide bonds. The zero-order valence-corrected chi connectivity index (χ0v) is 18.8. The summed E-state index contributed by atoms with van der Waals surface area (Å²) in [5, 5.41) is 9.78. The van der Waals surface area contributed by atoms with Crippen molar-refractivity contribution in [3.63, 3.8) is 0 Å². The summed E-state index contributed by atoms with van der Waals surface area (Å²) in [6.45, 7) is 12.0. The number of carbonyl (C=O) groups excluding carboxylic acids is 1. The van der Waals surface area contributed by atoms with Gasteiger partial charge in [0.15, 0.2) is 5.78 Å². The first-order chi connectivity index (χ1) is 12.7. The van der Waals surface area contributed by atoms with Crippen LogP contribution >= 0.6 is 9.12 Å². The lowest BCUT2D eigenvalue weighted by molar-refractivity contribution is -0.144. The van der Waals surface area contributed by atoms with Crippen LogP contribution in [0.15, 0.2) is 12.1 Å². The average Bonchev–Trinajstić information content (AvgIpc) is 2.57. The topological polar surface area (TPSA) is 71.4 Å². The largest absolute Gasteiger partial charge is 0.481 e. The van der Waals surface area contributed by atoms with Crippen LogP contribution in [0.4, 0.5) is 0 Å². The number of Topliss-reactive ketones (excluding diaryl/α,β-unsaturated/α-hetero) is 1. The Morgan fingerprint density at radius 2 is 1.52 bits per heavy atom. The molecule has 0 aromatic heterocycles. The first-order valence-electron chi connectivity index (χ1n) is 9.79. The van der Waals surface area contributed by atoms with Crippen LogP contribution in [0.3, 0.4) is 0 Å². The number of carboxylic acid groups (broad SMARTS) is 1. The third-order valence-corrected chi connectivity index (χ3v) is 5.06. The van der Waals surface area contributed by atoms with Gasteiger partial charge in [-0.15, -0.1) is 0 Å². The molecule has 0 fully saturated rings. The lowest BCUT2D eigenvalue weighted by Crippen LogP contribution is -2.34. The number of aryl methyl sites for hydroxylation is 3. The van der Waals surface area contributed by atoms with Gasteiger partial charge in [-0.25, -0.2) is 0 Å². The van der Waals surface area contributed by atoms with Crippen molar-refractivity contribution in [2.24, 2.45) is 17.8 Å². The Labute approximate surface area is 166 Å². The van der Waals surface area contributed by atoms with Gasteiger partial charge < -0.3 is 5.11 Å². The van der Waals surface area contributed by atoms with Gasteiger partial charge in [0.05, 0.1) is 5.92 Å². The van der Waals surface area contributed by atoms with E-state index >= 15 is 0 Å². The number of unbranched alkanes of at least 4 members (excludes halogenated alkanes) is 3. The van der Waals surface area contributed by atoms with Gasteiger partial charge in [-0.2, -0.15) is 0 Å². The molecule has 0 aliphatic heterocycles. The first-order valence-corrected chi connectivity index (χ1v) is 10.3. The van der Waals surface area contributed by atoms with E-state index in [0.29, 0.717) is 12.0 Å². The van der Waals surface area contributed by atoms with Gasteiger partial charge in [-0.1, -0.05) is 68.7 Å². The van der Waals surface area contributed by atoms with Crippen molar-refractivity contribution in [2.75, 3.05) is 0 Å². The van der Waals surface area contributed by atoms with E-state index in [4.69, 9.17) is 4.57 Å². The van der Waals surface area contributed by atoms with Crippen molar-refractivity contribution < 1.29 is 19.3 Å². The summed E-state index contributed by atoms with van der Waals surface area (Å²) in [6.07, 6.45) is 4.71. The second kappa shape index (κ2) is 12.8. The summed E-state index contributed by atoms with van der Waals surface area (Å²) in [5.41, 5.74) is 3.73. The van der Waals surface area contributed by atoms with Gasteiger partial charge in [0.2, 0.25) is 0 Å². The van der Waals surface area contributed by atoms with Crippen molar-refractivity contribution in [3.05, 3.63) is 34.4 Å². The average molecular weight is 396 g/mol. The van der Waals surface area contributed by atoms with Crippen molar-refractivity contribution in [2.45, 2.75) is 73.6 Å². The van der Waals surface area contributed by atoms with Gasteiger partial charge >= 0.3 is 15.1 Å². The molecule has 152 valence electrons. The smallest absolute Gasteiger partial charge is 0.310 e. The number of hydrogen-bond donors (Lipinski definition) is 1. The highest BCUT2D eigenvalue weighted by Crippen LogP contribution is 2.32. The SMILES string of the molecule is CCCCCCC(C(=O)O)C(C(=O)c1c(C)cc(C)cc1C)C(C)C.O=[PH2+]. The van der Waals surface area contributed by atoms with E-state index in [1.54, 1.807) is 0 Å². The summed E-state index contributed by atoms with van der Waals surface area (Å²) in [7, 11) is 1.17. The van der Waals surface area contributed by atoms with E-state index in [9.17, 15) is 14.7 Å². The standard InChI is InChI=1S/C22H34O3.H2OP/c1-7-8-9-10-11-18(22(24)25)19(14(2)3)21(23)20-16(5)12-15(4)13-17(20)6;1-2/h12-14,18-19H,7-11H2,1-6H3,(H,24,25);2H2/q;+1. The molecule has 0 saturated heterocycles. The van der Waals surface area contributed by atoms with E-state index in [0.717, 1.165) is 42.4 Å². The maximum Gasteiger partial charge on any atom is 0.310 e. The number of hydrogen-bond acceptors (Lipinski definition) is 3. The Hall–Kier alpha value is -1.54. The van der Waals surface area contributed by atoms with Crippen LogP contribution in [0.1, 0.15) is 79.9 Å². The summed E-state index contributed by atoms with van der Waals surface area (Å²) in [4.78, 5) is 25.2. The predicted octanol–water partition coefficient (Wildman–Crippen LogP) is 5.94. The molecule has 1 N–H and O–H groups in total. The highest BCUT2D eigenvalue weighted by molar-refractivity contribution is 7.00. The van der Waals surface area contributed by atoms with Crippen LogP contribution < -0.4 is 0 Å². The molecule has 0 heterocycles. The molecule has 3 unspecified atom stereocenters. The first kappa shape index (κ1) is 25.5. The number of aliphatic carboxylic acids is 1. The summed E-state index contributed by atoms with van der Waals surface area (Å²) < 4.78 is 8.17. The molecule has 1 aromatic rings. The van der Waals surface area contributed by atoms with E-state index < -0.39 is 17.8 Å². The Morgan fingerprint density at radius 3 is 1.93 bits per heavy atom. The molecule has 3 atom stereocenters. The maximum absolute atomic E-state index is 13.3. The molecule has 0 saturated carbocycles. The number of carbonyl (C=O) groups is 2. The molecule has 5 heteroatoms. The third kappa shape index (κ3) is 7.54. The third-order valence-electron chi connectivity index (χ3n) is 5.06. The van der Waals surface area contributed by atoms with Gasteiger partial charge in [-0.05, 0) is 44.2 Å². The molecule has 0 aliphatic carbocycles. The van der Waals surface area contributed by atoms with E-state index in [2.05, 4.69) is 6.92 Å². The Balaban J connectivity index is 0.00000326. The Bertz CT molecular complexity index is 602. The minimum Gasteiger partial charge on any atom is -0.481 e. The molecule has 4 nitrogen and oxygen atoms in total. The van der Waals surface area contributed by atoms with E-state index in [-0.39, 0.29) is 11.7 Å². The molecule has 1 aromatic carbocycles. The molecular weight excluding hydrogens is 359 g/mol. The van der Waals surface area contributed by atoms with Crippen molar-refractivity contribution in [1.82, 2.24) is 0 Å². The molecular formula is C22H36O4P+. The summed E-state index contributed by atoms with van der Waals surface area (Å²) in [6, 6.07) is 4.02. The zero-order valence-electron chi connectivity index (χ0n) is 17.7. The Morgan fingerprint density at radius 1 is 1.00 bits per heavy atom. The lowest BCUT2D eigenvalue weighted by Gasteiger charge is -2.27. The fraction of sp³-hybridized carbons (Fsp3) is 0.636. The maximum atomic E-state index is 13.3. The van der Waals surface area contributed by atoms with Crippen molar-refractivity contribution in [3.8, 4) is 0 Å². The van der Waals surface area contributed by atoms with Crippen LogP contribution in [0.5, 0.6) is 0 Å². The van der Waals surface area contributed by atoms with Gasteiger partial charge in [-0.3, -0.25) is 9.59 Å². The summed E-state index contributed by atoms with van der Waals surface area (Å²) >= 11 is 0. The lowest BCUT2D eigenvalue weighted by atomic mass is 9.74. The molecule has 0 spiro atoms. The van der Waals surface area contributed by atoms with Gasteiger partial charge in [0.25, 0.3) is 0 Å². The van der Waals surface area contributed by atoms with Gasteiger partial charge in [0, 0.05) is 11.5 Å². The van der Waals surface area contributed by atoms with Crippen molar-refractivity contribution in [1.29, 1.82) is 0 Å². The summed E-state index contributed by atoms with van der Waals surface area (Å²) in [5.74, 6) is -1.93. The van der Waals surface area contributed by atoms with Crippen LogP contribution in [-0.4, -0.2) is 16.9 Å². The zero-order chi connectivity index (χ0) is 21.1. The normalized spacial score (nSPS) is 12.9. The highest BCUT2D eigenvalue weighted by atomic mass is 31.0. The second-order valence-corrected chi connectivity index (χ2v) is 7.70. The van der Waals surface area contributed by atoms with Crippen LogP contribution in [0, 0.1) is 38.5 Å². The number of carboxylic acids is 1. The fourth-order valence-corrected chi connectivity index (χ4v) is 3.93. The van der Waals surface area contributed by atoms with E-state index in [1.165, 1.54) is 9.12 Å². The molecule has 1 rings (SSSR count). The van der Waals surface area contributed by atoms with Gasteiger partial charge in [0.1, 0.15) is 0 Å². The number of benzene rings is 1. The minimum absolute atomic E-state index is 0.000113. The highest BCUT2D eigenvalue weighted by Gasteiger charge is 2.36. The number of ketones is 1. The molecule has 27 heavy (non-hydrogen) atoms. The second-order valence-electron chi connectivity index (χ2n) is 7.70. The monoisotopic (exact) mass is 395 g/mol. The molecule has 0 radical (unpaired) electrons. The van der Waals surface area contributed by atoms with Crippen LogP contribution in [0.2, 0.25) is 0 Å². The fourth-order valence-electron chi connectivity index (χ4n) is 3.93. The number of rotatable bonds is 10. The minimum atomic E-state index is -0.842. The van der Waals surface area contributed by atoms with Crippen LogP contribution in [0.25, 0.3) is 0 Å². The van der Waals surface area contributed by atoms with Crippen LogP contribution in [-0.2, 0) is 9.36 Å². The van der Waals surface area contributed by atoms with Crippen molar-refractivity contribution >= 4 is 20.9 Å². The predicted molar refractivity (Wildman–Crippen MR) is 114 cm³/mol. The quantitative estimate of drug-likeness (QED) is 0.302. The molecule has 0 aliphatic rings. The molecule has 0 bridgehead atoms.